The van der Waals surface area contributed by atoms with E-state index in [1.54, 1.807) is 19.2 Å². The van der Waals surface area contributed by atoms with Gasteiger partial charge in [0.1, 0.15) is 0 Å². The maximum Gasteiger partial charge on any atom is 0.0979 e. The van der Waals surface area contributed by atoms with Gasteiger partial charge in [-0.1, -0.05) is 30.1 Å². The molecule has 0 aromatic heterocycles. The first-order valence-electron chi connectivity index (χ1n) is 4.95. The van der Waals surface area contributed by atoms with Crippen molar-refractivity contribution in [1.82, 2.24) is 0 Å². The largest absolute Gasteiger partial charge is 0.387 e. The van der Waals surface area contributed by atoms with Gasteiger partial charge in [-0.15, -0.1) is 0 Å². The third-order valence-corrected chi connectivity index (χ3v) is 3.03. The van der Waals surface area contributed by atoms with E-state index in [1.165, 1.54) is 0 Å². The predicted octanol–water partition coefficient (Wildman–Crippen LogP) is 3.03. The molecule has 0 saturated heterocycles. The molecule has 16 heavy (non-hydrogen) atoms. The second-order valence-corrected chi connectivity index (χ2v) is 4.37. The second-order valence-electron chi connectivity index (χ2n) is 3.56. The topological polar surface area (TPSA) is 50.4 Å². The Labute approximate surface area is 106 Å². The Balaban J connectivity index is 2.58. The van der Waals surface area contributed by atoms with E-state index in [4.69, 9.17) is 28.9 Å². The average Bonchev–Trinajstić information content (AvgIpc) is 2.29. The molecule has 1 rings (SSSR count). The van der Waals surface area contributed by atoms with Crippen LogP contribution in [0.1, 0.15) is 6.92 Å². The van der Waals surface area contributed by atoms with Crippen LogP contribution in [0.4, 0.5) is 5.69 Å². The summed E-state index contributed by atoms with van der Waals surface area (Å²) in [5.74, 6) is 0.812. The Hall–Kier alpha value is -0.930. The highest BCUT2D eigenvalue weighted by molar-refractivity contribution is 6.42. The van der Waals surface area contributed by atoms with Crippen LogP contribution in [0.2, 0.25) is 10.0 Å². The molecule has 0 aliphatic carbocycles. The Morgan fingerprint density at radius 2 is 2.12 bits per heavy atom. The number of anilines is 1. The van der Waals surface area contributed by atoms with Crippen LogP contribution >= 0.6 is 23.2 Å². The molecule has 1 atom stereocenters. The van der Waals surface area contributed by atoms with Crippen LogP contribution in [0.25, 0.3) is 0 Å². The van der Waals surface area contributed by atoms with Gasteiger partial charge in [0, 0.05) is 25.2 Å². The molecule has 3 nitrogen and oxygen atoms in total. The third kappa shape index (κ3) is 3.58. The van der Waals surface area contributed by atoms with Crippen LogP contribution in [0.3, 0.4) is 0 Å². The van der Waals surface area contributed by atoms with E-state index in [2.05, 4.69) is 10.3 Å². The summed E-state index contributed by atoms with van der Waals surface area (Å²) in [6.45, 7) is 2.72. The van der Waals surface area contributed by atoms with Crippen LogP contribution < -0.4 is 11.1 Å². The zero-order chi connectivity index (χ0) is 12.1. The summed E-state index contributed by atoms with van der Waals surface area (Å²) in [6, 6.07) is 5.42. The number of nitrogens with two attached hydrogens (primary N) is 1. The lowest BCUT2D eigenvalue weighted by Gasteiger charge is -2.13. The summed E-state index contributed by atoms with van der Waals surface area (Å²) >= 11 is 11.7. The van der Waals surface area contributed by atoms with E-state index in [1.807, 2.05) is 13.0 Å². The van der Waals surface area contributed by atoms with Crippen molar-refractivity contribution in [2.75, 3.05) is 18.9 Å². The van der Waals surface area contributed by atoms with Crippen LogP contribution in [-0.4, -0.2) is 19.4 Å². The quantitative estimate of drug-likeness (QED) is 0.645. The van der Waals surface area contributed by atoms with Gasteiger partial charge in [-0.25, -0.2) is 0 Å². The molecule has 0 aliphatic rings. The van der Waals surface area contributed by atoms with E-state index in [0.29, 0.717) is 22.4 Å². The Morgan fingerprint density at radius 3 is 2.69 bits per heavy atom. The molecule has 0 radical (unpaired) electrons. The number of nitrogens with one attached hydrogen (secondary N) is 1. The summed E-state index contributed by atoms with van der Waals surface area (Å²) in [5, 5.41) is 4.31. The first kappa shape index (κ1) is 13.1. The number of amidine groups is 1. The smallest absolute Gasteiger partial charge is 0.0979 e. The molecule has 88 valence electrons. The molecule has 1 unspecified atom stereocenters. The first-order valence-corrected chi connectivity index (χ1v) is 5.71. The molecule has 5 heteroatoms. The van der Waals surface area contributed by atoms with Crippen LogP contribution in [0.15, 0.2) is 23.2 Å². The predicted molar refractivity (Wildman–Crippen MR) is 71.7 cm³/mol. The van der Waals surface area contributed by atoms with E-state index in [9.17, 15) is 0 Å². The highest BCUT2D eigenvalue weighted by Crippen LogP contribution is 2.25. The van der Waals surface area contributed by atoms with Gasteiger partial charge >= 0.3 is 0 Å². The monoisotopic (exact) mass is 259 g/mol. The zero-order valence-electron chi connectivity index (χ0n) is 9.30. The number of rotatable bonds is 4. The van der Waals surface area contributed by atoms with Crippen molar-refractivity contribution in [3.05, 3.63) is 28.2 Å². The number of aliphatic imine (C=N–C) groups is 1. The molecule has 1 aromatic carbocycles. The van der Waals surface area contributed by atoms with E-state index >= 15 is 0 Å². The van der Waals surface area contributed by atoms with Gasteiger partial charge in [0.25, 0.3) is 0 Å². The van der Waals surface area contributed by atoms with Crippen molar-refractivity contribution < 1.29 is 0 Å². The van der Waals surface area contributed by atoms with Gasteiger partial charge < -0.3 is 11.1 Å². The minimum absolute atomic E-state index is 0.180. The second kappa shape index (κ2) is 5.97. The van der Waals surface area contributed by atoms with Gasteiger partial charge in [0.2, 0.25) is 0 Å². The molecule has 0 amide bonds. The van der Waals surface area contributed by atoms with Gasteiger partial charge in [-0.2, -0.15) is 0 Å². The first-order chi connectivity index (χ1) is 7.54. The van der Waals surface area contributed by atoms with Gasteiger partial charge in [-0.3, -0.25) is 4.99 Å². The SMILES string of the molecule is CN=C(N)C(C)CNc1ccc(Cl)c(Cl)c1. The van der Waals surface area contributed by atoms with Crippen LogP contribution in [0, 0.1) is 5.92 Å². The molecule has 0 spiro atoms. The molecule has 0 heterocycles. The van der Waals surface area contributed by atoms with Crippen LogP contribution in [-0.2, 0) is 0 Å². The fraction of sp³-hybridized carbons (Fsp3) is 0.364. The maximum atomic E-state index is 5.90. The molecule has 0 aliphatic heterocycles. The number of nitrogens with zero attached hydrogens (tertiary/aromatic N) is 1. The summed E-state index contributed by atoms with van der Waals surface area (Å²) in [4.78, 5) is 3.94. The van der Waals surface area contributed by atoms with E-state index in [0.717, 1.165) is 5.69 Å². The Bertz CT molecular complexity index is 391. The molecule has 0 fully saturated rings. The van der Waals surface area contributed by atoms with Crippen molar-refractivity contribution in [3.63, 3.8) is 0 Å². The summed E-state index contributed by atoms with van der Waals surface area (Å²) < 4.78 is 0. The van der Waals surface area contributed by atoms with E-state index in [-0.39, 0.29) is 5.92 Å². The zero-order valence-corrected chi connectivity index (χ0v) is 10.8. The third-order valence-electron chi connectivity index (χ3n) is 2.30. The normalized spacial score (nSPS) is 13.6. The molecular formula is C11H15Cl2N3. The van der Waals surface area contributed by atoms with Crippen molar-refractivity contribution >= 4 is 34.7 Å². The fourth-order valence-corrected chi connectivity index (χ4v) is 1.50. The Kier molecular flexibility index (Phi) is 4.90. The summed E-state index contributed by atoms with van der Waals surface area (Å²) in [7, 11) is 1.69. The molecule has 3 N–H and O–H groups in total. The highest BCUT2D eigenvalue weighted by atomic mass is 35.5. The van der Waals surface area contributed by atoms with Gasteiger partial charge in [0.05, 0.1) is 15.9 Å². The van der Waals surface area contributed by atoms with Crippen molar-refractivity contribution in [3.8, 4) is 0 Å². The van der Waals surface area contributed by atoms with Gasteiger partial charge in [-0.05, 0) is 18.2 Å². The van der Waals surface area contributed by atoms with E-state index < -0.39 is 0 Å². The lowest BCUT2D eigenvalue weighted by molar-refractivity contribution is 0.805. The minimum Gasteiger partial charge on any atom is -0.387 e. The van der Waals surface area contributed by atoms with Crippen molar-refractivity contribution in [2.24, 2.45) is 16.6 Å². The lowest BCUT2D eigenvalue weighted by atomic mass is 10.1. The molecular weight excluding hydrogens is 245 g/mol. The fourth-order valence-electron chi connectivity index (χ4n) is 1.20. The number of hydrogen-bond acceptors (Lipinski definition) is 2. The Morgan fingerprint density at radius 1 is 1.44 bits per heavy atom. The standard InChI is InChI=1S/C11H15Cl2N3/c1-7(11(14)15-2)6-16-8-3-4-9(12)10(13)5-8/h3-5,7,16H,6H2,1-2H3,(H2,14,15). The van der Waals surface area contributed by atoms with Crippen molar-refractivity contribution in [1.29, 1.82) is 0 Å². The van der Waals surface area contributed by atoms with Crippen LogP contribution in [0.5, 0.6) is 0 Å². The summed E-state index contributed by atoms with van der Waals surface area (Å²) in [5.41, 5.74) is 6.62. The van der Waals surface area contributed by atoms with Gasteiger partial charge in [0.15, 0.2) is 0 Å². The molecule has 0 bridgehead atoms. The maximum absolute atomic E-state index is 5.90. The number of hydrogen-bond donors (Lipinski definition) is 2. The number of halogens is 2. The lowest BCUT2D eigenvalue weighted by Crippen LogP contribution is -2.27. The highest BCUT2D eigenvalue weighted by Gasteiger charge is 2.06. The number of benzene rings is 1. The average molecular weight is 260 g/mol. The summed E-state index contributed by atoms with van der Waals surface area (Å²) in [6.07, 6.45) is 0. The minimum atomic E-state index is 0.180. The molecule has 1 aromatic rings. The molecule has 0 saturated carbocycles. The van der Waals surface area contributed by atoms with Crippen molar-refractivity contribution in [2.45, 2.75) is 6.92 Å².